The van der Waals surface area contributed by atoms with Crippen LogP contribution in [0.5, 0.6) is 0 Å². The van der Waals surface area contributed by atoms with Crippen molar-refractivity contribution in [2.45, 2.75) is 13.8 Å². The molecule has 0 N–H and O–H groups in total. The first-order valence-corrected chi connectivity index (χ1v) is 3.08. The zero-order chi connectivity index (χ0) is 8.15. The monoisotopic (exact) mass is 143 g/mol. The van der Waals surface area contributed by atoms with Gasteiger partial charge in [0.2, 0.25) is 0 Å². The highest BCUT2D eigenvalue weighted by Crippen LogP contribution is 1.97. The highest BCUT2D eigenvalue weighted by molar-refractivity contribution is 5.91. The van der Waals surface area contributed by atoms with Gasteiger partial charge in [0, 0.05) is 12.6 Å². The van der Waals surface area contributed by atoms with Crippen LogP contribution >= 0.6 is 0 Å². The molecule has 0 aromatic carbocycles. The van der Waals surface area contributed by atoms with Crippen molar-refractivity contribution in [3.05, 3.63) is 11.6 Å². The van der Waals surface area contributed by atoms with Crippen LogP contribution < -0.4 is 0 Å². The van der Waals surface area contributed by atoms with Crippen LogP contribution in [0.25, 0.3) is 0 Å². The van der Waals surface area contributed by atoms with Gasteiger partial charge in [0.25, 0.3) is 5.91 Å². The summed E-state index contributed by atoms with van der Waals surface area (Å²) in [6.07, 6.45) is 1.75. The Balaban J connectivity index is 4.08. The molecular formula is C7H13NO2. The fraction of sp³-hybridized carbons (Fsp3) is 0.571. The van der Waals surface area contributed by atoms with Gasteiger partial charge >= 0.3 is 0 Å². The third-order valence-electron chi connectivity index (χ3n) is 1.33. The molecule has 0 saturated carbocycles. The molecule has 10 heavy (non-hydrogen) atoms. The highest BCUT2D eigenvalue weighted by atomic mass is 16.7. The molecule has 0 aliphatic rings. The predicted molar refractivity (Wildman–Crippen MR) is 39.2 cm³/mol. The average molecular weight is 143 g/mol. The molecule has 0 radical (unpaired) electrons. The first-order valence-electron chi connectivity index (χ1n) is 3.08. The molecule has 0 saturated heterocycles. The number of likely N-dealkylation sites (N-methyl/N-ethyl adjacent to an activating group) is 1. The third-order valence-corrected chi connectivity index (χ3v) is 1.33. The number of nitrogens with zero attached hydrogens (tertiary/aromatic N) is 1. The summed E-state index contributed by atoms with van der Waals surface area (Å²) in [5.74, 6) is -0.106. The maximum Gasteiger partial charge on any atom is 0.272 e. The molecule has 0 aromatic rings. The van der Waals surface area contributed by atoms with E-state index in [0.29, 0.717) is 5.57 Å². The van der Waals surface area contributed by atoms with Gasteiger partial charge in [-0.2, -0.15) is 0 Å². The van der Waals surface area contributed by atoms with E-state index in [9.17, 15) is 4.79 Å². The number of amides is 1. The van der Waals surface area contributed by atoms with Gasteiger partial charge < -0.3 is 0 Å². The van der Waals surface area contributed by atoms with Crippen molar-refractivity contribution < 1.29 is 9.63 Å². The normalized spacial score (nSPS) is 11.4. The molecule has 0 aromatic heterocycles. The Bertz CT molecular complexity index is 152. The summed E-state index contributed by atoms with van der Waals surface area (Å²) in [6.45, 7) is 3.56. The molecule has 3 nitrogen and oxygen atoms in total. The van der Waals surface area contributed by atoms with Crippen LogP contribution in [-0.2, 0) is 9.63 Å². The van der Waals surface area contributed by atoms with Crippen LogP contribution in [-0.4, -0.2) is 25.1 Å². The summed E-state index contributed by atoms with van der Waals surface area (Å²) in [6, 6.07) is 0. The van der Waals surface area contributed by atoms with Crippen LogP contribution in [0.2, 0.25) is 0 Å². The molecule has 3 heteroatoms. The fourth-order valence-corrected chi connectivity index (χ4v) is 0.455. The SMILES string of the molecule is C/C=C(\C)C(=O)N(C)OC. The Labute approximate surface area is 61.2 Å². The lowest BCUT2D eigenvalue weighted by Gasteiger charge is -2.12. The second-order valence-corrected chi connectivity index (χ2v) is 1.96. The minimum absolute atomic E-state index is 0.106. The van der Waals surface area contributed by atoms with E-state index in [1.54, 1.807) is 20.0 Å². The first kappa shape index (κ1) is 9.17. The number of rotatable bonds is 2. The zero-order valence-corrected chi connectivity index (χ0v) is 6.84. The Hall–Kier alpha value is -0.830. The Morgan fingerprint density at radius 3 is 2.40 bits per heavy atom. The molecule has 0 aliphatic carbocycles. The molecule has 1 amide bonds. The zero-order valence-electron chi connectivity index (χ0n) is 6.84. The van der Waals surface area contributed by atoms with Crippen molar-refractivity contribution in [1.29, 1.82) is 0 Å². The summed E-state index contributed by atoms with van der Waals surface area (Å²) in [7, 11) is 3.04. The molecule has 58 valence electrons. The van der Waals surface area contributed by atoms with Gasteiger partial charge in [-0.1, -0.05) is 6.08 Å². The second kappa shape index (κ2) is 4.06. The van der Waals surface area contributed by atoms with Gasteiger partial charge in [-0.15, -0.1) is 0 Å². The summed E-state index contributed by atoms with van der Waals surface area (Å²) >= 11 is 0. The van der Waals surface area contributed by atoms with Gasteiger partial charge in [0.05, 0.1) is 7.11 Å². The molecule has 0 atom stereocenters. The first-order chi connectivity index (χ1) is 4.63. The Morgan fingerprint density at radius 1 is 1.60 bits per heavy atom. The van der Waals surface area contributed by atoms with E-state index in [0.717, 1.165) is 0 Å². The number of hydrogen-bond donors (Lipinski definition) is 0. The molecule has 0 spiro atoms. The molecule has 0 unspecified atom stereocenters. The van der Waals surface area contributed by atoms with Crippen LogP contribution in [0.1, 0.15) is 13.8 Å². The van der Waals surface area contributed by atoms with Crippen molar-refractivity contribution in [2.24, 2.45) is 0 Å². The van der Waals surface area contributed by atoms with E-state index in [1.165, 1.54) is 12.2 Å². The summed E-state index contributed by atoms with van der Waals surface area (Å²) in [4.78, 5) is 15.7. The highest BCUT2D eigenvalue weighted by Gasteiger charge is 2.07. The van der Waals surface area contributed by atoms with Crippen LogP contribution in [0.4, 0.5) is 0 Å². The lowest BCUT2D eigenvalue weighted by Crippen LogP contribution is -2.25. The average Bonchev–Trinajstić information content (AvgIpc) is 2.00. The molecular weight excluding hydrogens is 130 g/mol. The maximum atomic E-state index is 11.0. The van der Waals surface area contributed by atoms with Gasteiger partial charge in [-0.3, -0.25) is 9.63 Å². The summed E-state index contributed by atoms with van der Waals surface area (Å²) < 4.78 is 0. The number of hydroxylamine groups is 2. The topological polar surface area (TPSA) is 29.5 Å². The second-order valence-electron chi connectivity index (χ2n) is 1.96. The van der Waals surface area contributed by atoms with Crippen molar-refractivity contribution >= 4 is 5.91 Å². The lowest BCUT2D eigenvalue weighted by atomic mass is 10.3. The van der Waals surface area contributed by atoms with Crippen LogP contribution in [0, 0.1) is 0 Å². The van der Waals surface area contributed by atoms with E-state index >= 15 is 0 Å². The smallest absolute Gasteiger partial charge is 0.272 e. The van der Waals surface area contributed by atoms with Crippen LogP contribution in [0.3, 0.4) is 0 Å². The Morgan fingerprint density at radius 2 is 2.10 bits per heavy atom. The quantitative estimate of drug-likeness (QED) is 0.426. The number of allylic oxidation sites excluding steroid dienone is 1. The molecule has 0 heterocycles. The van der Waals surface area contributed by atoms with Crippen LogP contribution in [0.15, 0.2) is 11.6 Å². The van der Waals surface area contributed by atoms with E-state index in [4.69, 9.17) is 0 Å². The van der Waals surface area contributed by atoms with E-state index in [-0.39, 0.29) is 5.91 Å². The minimum Gasteiger partial charge on any atom is -0.274 e. The fourth-order valence-electron chi connectivity index (χ4n) is 0.455. The third kappa shape index (κ3) is 2.19. The molecule has 0 bridgehead atoms. The molecule has 0 rings (SSSR count). The van der Waals surface area contributed by atoms with Gasteiger partial charge in [0.1, 0.15) is 0 Å². The summed E-state index contributed by atoms with van der Waals surface area (Å²) in [5.41, 5.74) is 0.685. The standard InChI is InChI=1S/C7H13NO2/c1-5-6(2)7(9)8(3)10-4/h5H,1-4H3/b6-5+. The van der Waals surface area contributed by atoms with E-state index < -0.39 is 0 Å². The molecule has 0 fully saturated rings. The largest absolute Gasteiger partial charge is 0.274 e. The van der Waals surface area contributed by atoms with Crippen molar-refractivity contribution in [1.82, 2.24) is 5.06 Å². The van der Waals surface area contributed by atoms with Gasteiger partial charge in [-0.05, 0) is 13.8 Å². The number of hydrogen-bond acceptors (Lipinski definition) is 2. The van der Waals surface area contributed by atoms with Crippen molar-refractivity contribution in [3.63, 3.8) is 0 Å². The van der Waals surface area contributed by atoms with E-state index in [2.05, 4.69) is 4.84 Å². The van der Waals surface area contributed by atoms with Crippen molar-refractivity contribution in [2.75, 3.05) is 14.2 Å². The van der Waals surface area contributed by atoms with Gasteiger partial charge in [-0.25, -0.2) is 5.06 Å². The lowest BCUT2D eigenvalue weighted by molar-refractivity contribution is -0.163. The summed E-state index contributed by atoms with van der Waals surface area (Å²) in [5, 5.41) is 1.19. The maximum absolute atomic E-state index is 11.0. The number of carbonyl (C=O) groups is 1. The number of carbonyl (C=O) groups excluding carboxylic acids is 1. The van der Waals surface area contributed by atoms with Gasteiger partial charge in [0.15, 0.2) is 0 Å². The predicted octanol–water partition coefficient (Wildman–Crippen LogP) is 0.972. The molecule has 0 aliphatic heterocycles. The van der Waals surface area contributed by atoms with E-state index in [1.807, 2.05) is 6.92 Å². The van der Waals surface area contributed by atoms with Crippen molar-refractivity contribution in [3.8, 4) is 0 Å². The minimum atomic E-state index is -0.106. The Kier molecular flexibility index (Phi) is 3.72.